The SMILES string of the molecule is CCCCOc1ncccc1CN=C(NCC)NCCC. The third-order valence-electron chi connectivity index (χ3n) is 2.88. The van der Waals surface area contributed by atoms with Crippen LogP contribution >= 0.6 is 0 Å². The predicted octanol–water partition coefficient (Wildman–Crippen LogP) is 2.73. The first kappa shape index (κ1) is 17.3. The normalized spacial score (nSPS) is 11.3. The molecule has 0 saturated carbocycles. The predicted molar refractivity (Wildman–Crippen MR) is 87.7 cm³/mol. The molecule has 21 heavy (non-hydrogen) atoms. The van der Waals surface area contributed by atoms with Crippen molar-refractivity contribution in [1.82, 2.24) is 15.6 Å². The van der Waals surface area contributed by atoms with Gasteiger partial charge in [-0.3, -0.25) is 0 Å². The smallest absolute Gasteiger partial charge is 0.218 e. The maximum absolute atomic E-state index is 5.73. The lowest BCUT2D eigenvalue weighted by atomic mass is 10.2. The minimum Gasteiger partial charge on any atom is -0.477 e. The Balaban J connectivity index is 2.66. The molecule has 0 amide bonds. The Morgan fingerprint density at radius 2 is 2.10 bits per heavy atom. The summed E-state index contributed by atoms with van der Waals surface area (Å²) in [7, 11) is 0. The van der Waals surface area contributed by atoms with E-state index in [0.717, 1.165) is 43.9 Å². The summed E-state index contributed by atoms with van der Waals surface area (Å²) < 4.78 is 5.73. The van der Waals surface area contributed by atoms with Crippen LogP contribution in [0, 0.1) is 0 Å². The maximum atomic E-state index is 5.73. The van der Waals surface area contributed by atoms with E-state index in [1.807, 2.05) is 12.1 Å². The summed E-state index contributed by atoms with van der Waals surface area (Å²) in [6, 6.07) is 3.94. The van der Waals surface area contributed by atoms with E-state index < -0.39 is 0 Å². The number of aliphatic imine (C=N–C) groups is 1. The Bertz CT molecular complexity index is 420. The fraction of sp³-hybridized carbons (Fsp3) is 0.625. The van der Waals surface area contributed by atoms with E-state index in [2.05, 4.69) is 41.4 Å². The zero-order chi connectivity index (χ0) is 15.3. The molecule has 0 aliphatic heterocycles. The van der Waals surface area contributed by atoms with E-state index in [1.165, 1.54) is 0 Å². The van der Waals surface area contributed by atoms with Crippen LogP contribution < -0.4 is 15.4 Å². The topological polar surface area (TPSA) is 58.5 Å². The van der Waals surface area contributed by atoms with E-state index in [-0.39, 0.29) is 0 Å². The zero-order valence-corrected chi connectivity index (χ0v) is 13.5. The molecule has 0 aliphatic rings. The van der Waals surface area contributed by atoms with Gasteiger partial charge in [-0.05, 0) is 25.8 Å². The second-order valence-electron chi connectivity index (χ2n) is 4.79. The second-order valence-corrected chi connectivity index (χ2v) is 4.79. The number of pyridine rings is 1. The van der Waals surface area contributed by atoms with Gasteiger partial charge in [-0.2, -0.15) is 0 Å². The van der Waals surface area contributed by atoms with E-state index in [4.69, 9.17) is 4.74 Å². The van der Waals surface area contributed by atoms with Crippen LogP contribution in [-0.2, 0) is 6.54 Å². The first-order chi connectivity index (χ1) is 10.3. The van der Waals surface area contributed by atoms with Gasteiger partial charge < -0.3 is 15.4 Å². The number of rotatable bonds is 9. The molecule has 0 radical (unpaired) electrons. The highest BCUT2D eigenvalue weighted by molar-refractivity contribution is 5.79. The highest BCUT2D eigenvalue weighted by atomic mass is 16.5. The molecule has 0 saturated heterocycles. The third-order valence-corrected chi connectivity index (χ3v) is 2.88. The van der Waals surface area contributed by atoms with Gasteiger partial charge in [0.1, 0.15) is 0 Å². The fourth-order valence-corrected chi connectivity index (χ4v) is 1.74. The van der Waals surface area contributed by atoms with Crippen LogP contribution in [0.4, 0.5) is 0 Å². The number of guanidine groups is 1. The second kappa shape index (κ2) is 10.9. The van der Waals surface area contributed by atoms with Gasteiger partial charge in [0, 0.05) is 24.8 Å². The van der Waals surface area contributed by atoms with Gasteiger partial charge in [0.15, 0.2) is 5.96 Å². The lowest BCUT2D eigenvalue weighted by Crippen LogP contribution is -2.37. The number of nitrogens with zero attached hydrogens (tertiary/aromatic N) is 2. The molecule has 0 unspecified atom stereocenters. The summed E-state index contributed by atoms with van der Waals surface area (Å²) in [4.78, 5) is 8.89. The number of aromatic nitrogens is 1. The minimum absolute atomic E-state index is 0.564. The summed E-state index contributed by atoms with van der Waals surface area (Å²) >= 11 is 0. The maximum Gasteiger partial charge on any atom is 0.218 e. The van der Waals surface area contributed by atoms with Crippen molar-refractivity contribution in [2.75, 3.05) is 19.7 Å². The highest BCUT2D eigenvalue weighted by Gasteiger charge is 2.04. The van der Waals surface area contributed by atoms with Crippen molar-refractivity contribution in [2.24, 2.45) is 4.99 Å². The largest absolute Gasteiger partial charge is 0.477 e. The van der Waals surface area contributed by atoms with Crippen molar-refractivity contribution in [3.05, 3.63) is 23.9 Å². The Labute approximate surface area is 128 Å². The Kier molecular flexibility index (Phi) is 9.00. The molecule has 2 N–H and O–H groups in total. The summed E-state index contributed by atoms with van der Waals surface area (Å²) in [6.45, 7) is 9.38. The van der Waals surface area contributed by atoms with Crippen LogP contribution in [0.1, 0.15) is 45.6 Å². The van der Waals surface area contributed by atoms with Gasteiger partial charge in [0.2, 0.25) is 5.88 Å². The fourth-order valence-electron chi connectivity index (χ4n) is 1.74. The van der Waals surface area contributed by atoms with Gasteiger partial charge in [0.05, 0.1) is 13.2 Å². The number of hydrogen-bond acceptors (Lipinski definition) is 3. The Morgan fingerprint density at radius 3 is 2.81 bits per heavy atom. The molecule has 0 fully saturated rings. The van der Waals surface area contributed by atoms with Crippen LogP contribution in [0.25, 0.3) is 0 Å². The van der Waals surface area contributed by atoms with Crippen LogP contribution in [0.5, 0.6) is 5.88 Å². The lowest BCUT2D eigenvalue weighted by molar-refractivity contribution is 0.294. The van der Waals surface area contributed by atoms with Gasteiger partial charge >= 0.3 is 0 Å². The molecule has 1 heterocycles. The van der Waals surface area contributed by atoms with E-state index in [0.29, 0.717) is 19.0 Å². The van der Waals surface area contributed by atoms with Crippen LogP contribution in [0.3, 0.4) is 0 Å². The number of ether oxygens (including phenoxy) is 1. The molecule has 0 bridgehead atoms. The first-order valence-corrected chi connectivity index (χ1v) is 7.90. The number of nitrogens with one attached hydrogen (secondary N) is 2. The Morgan fingerprint density at radius 1 is 1.24 bits per heavy atom. The molecule has 5 heteroatoms. The molecule has 0 spiro atoms. The molecular weight excluding hydrogens is 264 g/mol. The quantitative estimate of drug-likeness (QED) is 0.417. The van der Waals surface area contributed by atoms with Crippen molar-refractivity contribution in [3.63, 3.8) is 0 Å². The summed E-state index contributed by atoms with van der Waals surface area (Å²) in [6.07, 6.45) is 4.99. The van der Waals surface area contributed by atoms with Crippen LogP contribution in [0.2, 0.25) is 0 Å². The standard InChI is InChI=1S/C16H28N4O/c1-4-7-12-21-15-14(9-8-11-18-15)13-20-16(17-6-3)19-10-5-2/h8-9,11H,4-7,10,12-13H2,1-3H3,(H2,17,19,20). The lowest BCUT2D eigenvalue weighted by Gasteiger charge is -2.11. The molecule has 0 aliphatic carbocycles. The van der Waals surface area contributed by atoms with Crippen LogP contribution in [0.15, 0.2) is 23.3 Å². The summed E-state index contributed by atoms with van der Waals surface area (Å²) in [5.41, 5.74) is 1.02. The van der Waals surface area contributed by atoms with Gasteiger partial charge in [-0.1, -0.05) is 26.3 Å². The first-order valence-electron chi connectivity index (χ1n) is 7.90. The van der Waals surface area contributed by atoms with Crippen molar-refractivity contribution < 1.29 is 4.74 Å². The molecule has 1 aromatic rings. The monoisotopic (exact) mass is 292 g/mol. The van der Waals surface area contributed by atoms with Gasteiger partial charge in [-0.15, -0.1) is 0 Å². The van der Waals surface area contributed by atoms with Crippen molar-refractivity contribution in [2.45, 2.75) is 46.6 Å². The third kappa shape index (κ3) is 6.97. The average molecular weight is 292 g/mol. The molecular formula is C16H28N4O. The Hall–Kier alpha value is -1.78. The molecule has 1 rings (SSSR count). The number of unbranched alkanes of at least 4 members (excludes halogenated alkanes) is 1. The highest BCUT2D eigenvalue weighted by Crippen LogP contribution is 2.15. The molecule has 0 atom stereocenters. The van der Waals surface area contributed by atoms with E-state index in [1.54, 1.807) is 6.20 Å². The van der Waals surface area contributed by atoms with E-state index in [9.17, 15) is 0 Å². The van der Waals surface area contributed by atoms with Gasteiger partial charge in [0.25, 0.3) is 0 Å². The minimum atomic E-state index is 0.564. The van der Waals surface area contributed by atoms with Crippen molar-refractivity contribution in [3.8, 4) is 5.88 Å². The van der Waals surface area contributed by atoms with Crippen LogP contribution in [-0.4, -0.2) is 30.6 Å². The molecule has 0 aromatic carbocycles. The number of hydrogen-bond donors (Lipinski definition) is 2. The molecule has 1 aromatic heterocycles. The zero-order valence-electron chi connectivity index (χ0n) is 13.5. The van der Waals surface area contributed by atoms with Gasteiger partial charge in [-0.25, -0.2) is 9.98 Å². The molecule has 5 nitrogen and oxygen atoms in total. The molecule has 118 valence electrons. The van der Waals surface area contributed by atoms with Crippen molar-refractivity contribution in [1.29, 1.82) is 0 Å². The summed E-state index contributed by atoms with van der Waals surface area (Å²) in [5.74, 6) is 1.53. The van der Waals surface area contributed by atoms with E-state index >= 15 is 0 Å². The van der Waals surface area contributed by atoms with Crippen molar-refractivity contribution >= 4 is 5.96 Å². The summed E-state index contributed by atoms with van der Waals surface area (Å²) in [5, 5.41) is 6.53. The average Bonchev–Trinajstić information content (AvgIpc) is 2.51.